The van der Waals surface area contributed by atoms with Crippen molar-refractivity contribution in [3.8, 4) is 0 Å². The van der Waals surface area contributed by atoms with Gasteiger partial charge in [0.15, 0.2) is 0 Å². The van der Waals surface area contributed by atoms with Gasteiger partial charge in [0.25, 0.3) is 11.7 Å². The molecule has 5 heteroatoms. The van der Waals surface area contributed by atoms with E-state index in [1.54, 1.807) is 17.0 Å². The fourth-order valence-corrected chi connectivity index (χ4v) is 5.06. The van der Waals surface area contributed by atoms with Crippen molar-refractivity contribution < 1.29 is 14.7 Å². The number of aryl methyl sites for hydroxylation is 1. The van der Waals surface area contributed by atoms with Crippen LogP contribution in [-0.2, 0) is 16.6 Å². The van der Waals surface area contributed by atoms with Crippen molar-refractivity contribution in [1.82, 2.24) is 9.47 Å². The number of hydrogen-bond acceptors (Lipinski definition) is 3. The maximum Gasteiger partial charge on any atom is 0.295 e. The number of aliphatic hydroxyl groups is 1. The highest BCUT2D eigenvalue weighted by molar-refractivity contribution is 6.46. The molecule has 0 radical (unpaired) electrons. The number of likely N-dealkylation sites (tertiary alicyclic amines) is 1. The standard InChI is InChI=1S/C25H24N2O3/c1-26-15-19(18-13-7-8-14-20(18)26)22-21(23(28)16-9-3-2-4-10-16)24(29)25(30)27(22)17-11-5-6-12-17/h2-4,7-10,13-15,17,22,28H,5-6,11-12H2,1H3/b23-21+. The summed E-state index contributed by atoms with van der Waals surface area (Å²) in [5, 5.41) is 12.1. The lowest BCUT2D eigenvalue weighted by Gasteiger charge is -2.30. The molecule has 1 saturated carbocycles. The molecule has 2 aromatic carbocycles. The number of Topliss-reactive ketones (excluding diaryl/α,β-unsaturated/α-hetero) is 1. The van der Waals surface area contributed by atoms with E-state index in [1.807, 2.05) is 60.3 Å². The molecule has 1 aliphatic carbocycles. The summed E-state index contributed by atoms with van der Waals surface area (Å²) in [6.45, 7) is 0. The van der Waals surface area contributed by atoms with Gasteiger partial charge in [-0.15, -0.1) is 0 Å². The summed E-state index contributed by atoms with van der Waals surface area (Å²) in [5.74, 6) is -1.20. The van der Waals surface area contributed by atoms with Gasteiger partial charge in [-0.3, -0.25) is 9.59 Å². The first-order chi connectivity index (χ1) is 14.6. The first-order valence-corrected chi connectivity index (χ1v) is 10.5. The van der Waals surface area contributed by atoms with E-state index < -0.39 is 17.7 Å². The molecule has 1 aromatic heterocycles. The summed E-state index contributed by atoms with van der Waals surface area (Å²) in [5.41, 5.74) is 2.66. The van der Waals surface area contributed by atoms with Crippen LogP contribution in [0.1, 0.15) is 42.9 Å². The van der Waals surface area contributed by atoms with Crippen molar-refractivity contribution in [3.63, 3.8) is 0 Å². The Hall–Kier alpha value is -3.34. The highest BCUT2D eigenvalue weighted by Crippen LogP contribution is 2.45. The second-order valence-corrected chi connectivity index (χ2v) is 8.22. The summed E-state index contributed by atoms with van der Waals surface area (Å²) in [6.07, 6.45) is 5.87. The fourth-order valence-electron chi connectivity index (χ4n) is 5.06. The van der Waals surface area contributed by atoms with Crippen LogP contribution >= 0.6 is 0 Å². The highest BCUT2D eigenvalue weighted by atomic mass is 16.3. The Bertz CT molecular complexity index is 1170. The van der Waals surface area contributed by atoms with Gasteiger partial charge >= 0.3 is 0 Å². The third kappa shape index (κ3) is 2.76. The number of aliphatic hydroxyl groups excluding tert-OH is 1. The summed E-state index contributed by atoms with van der Waals surface area (Å²) in [6, 6.07) is 16.4. The molecule has 1 N–H and O–H groups in total. The molecule has 2 aliphatic rings. The molecule has 1 atom stereocenters. The van der Waals surface area contributed by atoms with Gasteiger partial charge in [-0.2, -0.15) is 0 Å². The van der Waals surface area contributed by atoms with Gasteiger partial charge in [-0.1, -0.05) is 61.4 Å². The van der Waals surface area contributed by atoms with Crippen LogP contribution in [-0.4, -0.2) is 32.3 Å². The molecule has 2 fully saturated rings. The van der Waals surface area contributed by atoms with Crippen LogP contribution in [0.25, 0.3) is 16.7 Å². The number of amides is 1. The zero-order valence-electron chi connectivity index (χ0n) is 16.9. The molecular formula is C25H24N2O3. The lowest BCUT2D eigenvalue weighted by molar-refractivity contribution is -0.141. The van der Waals surface area contributed by atoms with E-state index in [0.29, 0.717) is 5.56 Å². The van der Waals surface area contributed by atoms with Gasteiger partial charge in [0.2, 0.25) is 0 Å². The predicted molar refractivity (Wildman–Crippen MR) is 116 cm³/mol. The first kappa shape index (κ1) is 18.7. The van der Waals surface area contributed by atoms with Crippen LogP contribution in [0.5, 0.6) is 0 Å². The average Bonchev–Trinajstić information content (AvgIpc) is 3.47. The molecule has 5 nitrogen and oxygen atoms in total. The van der Waals surface area contributed by atoms with E-state index in [1.165, 1.54) is 0 Å². The second kappa shape index (κ2) is 7.17. The maximum atomic E-state index is 13.2. The van der Waals surface area contributed by atoms with Crippen LogP contribution in [0.2, 0.25) is 0 Å². The van der Waals surface area contributed by atoms with E-state index in [2.05, 4.69) is 0 Å². The van der Waals surface area contributed by atoms with Crippen LogP contribution in [0, 0.1) is 0 Å². The minimum absolute atomic E-state index is 0.0199. The van der Waals surface area contributed by atoms with Crippen LogP contribution in [0.15, 0.2) is 66.4 Å². The zero-order chi connectivity index (χ0) is 20.8. The molecule has 1 aliphatic heterocycles. The number of para-hydroxylation sites is 1. The Morgan fingerprint density at radius 2 is 1.63 bits per heavy atom. The molecule has 1 saturated heterocycles. The molecule has 3 aromatic rings. The van der Waals surface area contributed by atoms with Gasteiger partial charge in [-0.25, -0.2) is 0 Å². The largest absolute Gasteiger partial charge is 0.507 e. The first-order valence-electron chi connectivity index (χ1n) is 10.5. The molecule has 2 heterocycles. The number of carbonyl (C=O) groups is 2. The topological polar surface area (TPSA) is 62.5 Å². The zero-order valence-corrected chi connectivity index (χ0v) is 16.9. The van der Waals surface area contributed by atoms with Crippen LogP contribution < -0.4 is 0 Å². The third-order valence-corrected chi connectivity index (χ3v) is 6.47. The quantitative estimate of drug-likeness (QED) is 0.399. The van der Waals surface area contributed by atoms with E-state index >= 15 is 0 Å². The van der Waals surface area contributed by atoms with E-state index in [-0.39, 0.29) is 17.4 Å². The van der Waals surface area contributed by atoms with Crippen molar-refractivity contribution in [2.24, 2.45) is 7.05 Å². The Labute approximate surface area is 175 Å². The monoisotopic (exact) mass is 400 g/mol. The van der Waals surface area contributed by atoms with Gasteiger partial charge in [0.1, 0.15) is 5.76 Å². The molecule has 1 amide bonds. The number of carbonyl (C=O) groups excluding carboxylic acids is 2. The summed E-state index contributed by atoms with van der Waals surface area (Å²) >= 11 is 0. The molecule has 30 heavy (non-hydrogen) atoms. The third-order valence-electron chi connectivity index (χ3n) is 6.47. The van der Waals surface area contributed by atoms with E-state index in [4.69, 9.17) is 0 Å². The van der Waals surface area contributed by atoms with Gasteiger partial charge in [0, 0.05) is 41.3 Å². The lowest BCUT2D eigenvalue weighted by atomic mass is 9.94. The number of aromatic nitrogens is 1. The summed E-state index contributed by atoms with van der Waals surface area (Å²) < 4.78 is 2.02. The Kier molecular flexibility index (Phi) is 4.46. The van der Waals surface area contributed by atoms with E-state index in [0.717, 1.165) is 42.1 Å². The molecule has 0 spiro atoms. The number of fused-ring (bicyclic) bond motifs is 1. The van der Waals surface area contributed by atoms with E-state index in [9.17, 15) is 14.7 Å². The maximum absolute atomic E-state index is 13.2. The minimum Gasteiger partial charge on any atom is -0.507 e. The Balaban J connectivity index is 1.77. The van der Waals surface area contributed by atoms with Crippen molar-refractivity contribution in [2.75, 3.05) is 0 Å². The number of benzene rings is 2. The van der Waals surface area contributed by atoms with Crippen LogP contribution in [0.4, 0.5) is 0 Å². The predicted octanol–water partition coefficient (Wildman–Crippen LogP) is 4.54. The van der Waals surface area contributed by atoms with Gasteiger partial charge in [0.05, 0.1) is 11.6 Å². The number of hydrogen-bond donors (Lipinski definition) is 1. The van der Waals surface area contributed by atoms with Crippen molar-refractivity contribution in [1.29, 1.82) is 0 Å². The number of rotatable bonds is 3. The molecule has 5 rings (SSSR count). The smallest absolute Gasteiger partial charge is 0.295 e. The summed E-state index contributed by atoms with van der Waals surface area (Å²) in [7, 11) is 1.96. The number of ketones is 1. The van der Waals surface area contributed by atoms with Gasteiger partial charge in [-0.05, 0) is 18.9 Å². The lowest BCUT2D eigenvalue weighted by Crippen LogP contribution is -2.37. The number of nitrogens with zero attached hydrogens (tertiary/aromatic N) is 2. The molecule has 1 unspecified atom stereocenters. The molecular weight excluding hydrogens is 376 g/mol. The highest BCUT2D eigenvalue weighted by Gasteiger charge is 2.49. The van der Waals surface area contributed by atoms with Crippen LogP contribution in [0.3, 0.4) is 0 Å². The minimum atomic E-state index is -0.596. The van der Waals surface area contributed by atoms with Gasteiger partial charge < -0.3 is 14.6 Å². The average molecular weight is 400 g/mol. The van der Waals surface area contributed by atoms with Crippen molar-refractivity contribution in [3.05, 3.63) is 77.5 Å². The van der Waals surface area contributed by atoms with Crippen molar-refractivity contribution in [2.45, 2.75) is 37.8 Å². The fraction of sp³-hybridized carbons (Fsp3) is 0.280. The molecule has 152 valence electrons. The second-order valence-electron chi connectivity index (χ2n) is 8.22. The Morgan fingerprint density at radius 1 is 0.967 bits per heavy atom. The molecule has 0 bridgehead atoms. The Morgan fingerprint density at radius 3 is 2.37 bits per heavy atom. The van der Waals surface area contributed by atoms with Crippen molar-refractivity contribution >= 4 is 28.4 Å². The normalized spacial score (nSPS) is 21.8. The SMILES string of the molecule is Cn1cc(C2/C(=C(\O)c3ccccc3)C(=O)C(=O)N2C2CCCC2)c2ccccc21. The summed E-state index contributed by atoms with van der Waals surface area (Å²) in [4.78, 5) is 28.1.